The summed E-state index contributed by atoms with van der Waals surface area (Å²) in [5, 5.41) is 0.775. The van der Waals surface area contributed by atoms with Crippen molar-refractivity contribution in [3.05, 3.63) is 54.1 Å². The molecule has 29 heavy (non-hydrogen) atoms. The van der Waals surface area contributed by atoms with Gasteiger partial charge in [-0.15, -0.1) is 0 Å². The summed E-state index contributed by atoms with van der Waals surface area (Å²) in [4.78, 5) is 12.3. The third kappa shape index (κ3) is 4.37. The lowest BCUT2D eigenvalue weighted by Gasteiger charge is -2.37. The van der Waals surface area contributed by atoms with Gasteiger partial charge < -0.3 is 9.29 Å². The Kier molecular flexibility index (Phi) is 5.74. The van der Waals surface area contributed by atoms with Gasteiger partial charge >= 0.3 is 23.9 Å². The third-order valence-corrected chi connectivity index (χ3v) is 4.72. The van der Waals surface area contributed by atoms with Crippen LogP contribution in [0.5, 0.6) is 0 Å². The number of ether oxygens (including phenoxy) is 1. The van der Waals surface area contributed by atoms with Crippen LogP contribution in [0.15, 0.2) is 43.0 Å². The molecule has 0 bridgehead atoms. The minimum absolute atomic E-state index is 0.128. The van der Waals surface area contributed by atoms with E-state index in [1.165, 1.54) is 18.2 Å². The zero-order chi connectivity index (χ0) is 22.3. The molecule has 0 amide bonds. The molecule has 2 rings (SSSR count). The van der Waals surface area contributed by atoms with Crippen molar-refractivity contribution in [2.75, 3.05) is 5.75 Å². The van der Waals surface area contributed by atoms with Crippen molar-refractivity contribution < 1.29 is 48.8 Å². The molecule has 0 heterocycles. The average Bonchev–Trinajstić information content (AvgIpc) is 2.56. The van der Waals surface area contributed by atoms with Crippen LogP contribution in [0.2, 0.25) is 0 Å². The van der Waals surface area contributed by atoms with Crippen molar-refractivity contribution in [3.63, 3.8) is 0 Å². The summed E-state index contributed by atoms with van der Waals surface area (Å²) in [6.07, 6.45) is -11.9. The molecule has 0 radical (unpaired) electrons. The number of carbonyl (C=O) groups excluding carboxylic acids is 1. The van der Waals surface area contributed by atoms with Gasteiger partial charge in [0.15, 0.2) is 0 Å². The summed E-state index contributed by atoms with van der Waals surface area (Å²) in [5.74, 6) is -5.18. The topological polar surface area (TPSA) is 83.5 Å². The van der Waals surface area contributed by atoms with E-state index in [4.69, 9.17) is 0 Å². The molecule has 0 N–H and O–H groups in total. The van der Waals surface area contributed by atoms with Crippen LogP contribution in [-0.2, 0) is 14.9 Å². The average molecular weight is 441 g/mol. The highest BCUT2D eigenvalue weighted by Crippen LogP contribution is 2.47. The van der Waals surface area contributed by atoms with Gasteiger partial charge in [0.2, 0.25) is 0 Å². The first-order chi connectivity index (χ1) is 13.1. The van der Waals surface area contributed by atoms with E-state index in [2.05, 4.69) is 11.3 Å². The predicted molar refractivity (Wildman–Crippen MR) is 88.9 cm³/mol. The van der Waals surface area contributed by atoms with Gasteiger partial charge in [0, 0.05) is 0 Å². The molecule has 0 aliphatic heterocycles. The molecule has 158 valence electrons. The second-order valence-electron chi connectivity index (χ2n) is 5.87. The summed E-state index contributed by atoms with van der Waals surface area (Å²) in [6.45, 7) is 3.38. The number of fused-ring (bicyclic) bond motifs is 1. The Balaban J connectivity index is 2.67. The van der Waals surface area contributed by atoms with Gasteiger partial charge in [0.25, 0.3) is 0 Å². The van der Waals surface area contributed by atoms with E-state index in [0.717, 1.165) is 12.1 Å². The highest BCUT2D eigenvalue weighted by atomic mass is 32.2. The lowest BCUT2D eigenvalue weighted by molar-refractivity contribution is -0.356. The fraction of sp³-hybridized carbons (Fsp3) is 0.235. The molecule has 0 saturated heterocycles. The van der Waals surface area contributed by atoms with Gasteiger partial charge in [0.05, 0.1) is 21.4 Å². The smallest absolute Gasteiger partial charge is 0.438 e. The normalized spacial score (nSPS) is 13.3. The van der Waals surface area contributed by atoms with E-state index < -0.39 is 45.4 Å². The van der Waals surface area contributed by atoms with Crippen LogP contribution >= 0.6 is 0 Å². The van der Waals surface area contributed by atoms with Gasteiger partial charge in [-0.05, 0) is 22.4 Å². The first-order valence-corrected chi connectivity index (χ1v) is 9.15. The number of rotatable bonds is 5. The maximum absolute atomic E-state index is 13.3. The molecule has 0 spiro atoms. The van der Waals surface area contributed by atoms with Crippen molar-refractivity contribution in [2.45, 2.75) is 18.0 Å². The number of carbonyl (C=O) groups is 1. The molecule has 0 saturated carbocycles. The lowest BCUT2D eigenvalue weighted by atomic mass is 9.98. The quantitative estimate of drug-likeness (QED) is 0.397. The second-order valence-corrected chi connectivity index (χ2v) is 7.27. The van der Waals surface area contributed by atoms with E-state index in [1.54, 1.807) is 12.1 Å². The maximum Gasteiger partial charge on any atom is 0.438 e. The minimum Gasteiger partial charge on any atom is -0.748 e. The molecular weight excluding hydrogens is 430 g/mol. The SMILES string of the molecule is C=Cc1c(C(=O)OC(CS(=O)(=O)[O-])(C(F)(F)F)C(F)(F)F)ccc2ccccc12. The Hall–Kier alpha value is -2.60. The van der Waals surface area contributed by atoms with Gasteiger partial charge in [-0.3, -0.25) is 0 Å². The monoisotopic (exact) mass is 441 g/mol. The first-order valence-electron chi connectivity index (χ1n) is 7.57. The molecule has 0 atom stereocenters. The Bertz CT molecular complexity index is 1040. The number of alkyl halides is 6. The summed E-state index contributed by atoms with van der Waals surface area (Å²) in [7, 11) is -6.11. The van der Waals surface area contributed by atoms with Gasteiger partial charge in [-0.25, -0.2) is 13.2 Å². The summed E-state index contributed by atoms with van der Waals surface area (Å²) < 4.78 is 116. The Morgan fingerprint density at radius 3 is 2.07 bits per heavy atom. The standard InChI is InChI=1S/C17H12F6O5S/c1-2-11-12-6-4-3-5-10(12)7-8-13(11)14(24)28-15(16(18,19)20,17(21,22)23)9-29(25,26)27/h2-8H,1,9H2,(H,25,26,27)/p-1. The summed E-state index contributed by atoms with van der Waals surface area (Å²) in [5.41, 5.74) is -6.39. The Morgan fingerprint density at radius 1 is 1.03 bits per heavy atom. The molecular formula is C17H11F6O5S-. The summed E-state index contributed by atoms with van der Waals surface area (Å²) >= 11 is 0. The molecule has 2 aromatic rings. The highest BCUT2D eigenvalue weighted by Gasteiger charge is 2.75. The van der Waals surface area contributed by atoms with Crippen LogP contribution in [0.4, 0.5) is 26.3 Å². The van der Waals surface area contributed by atoms with Gasteiger partial charge in [-0.2, -0.15) is 26.3 Å². The molecule has 0 fully saturated rings. The van der Waals surface area contributed by atoms with Crippen LogP contribution in [0.1, 0.15) is 15.9 Å². The maximum atomic E-state index is 13.3. The third-order valence-electron chi connectivity index (χ3n) is 3.96. The second kappa shape index (κ2) is 7.34. The van der Waals surface area contributed by atoms with Gasteiger partial charge in [0.1, 0.15) is 0 Å². The molecule has 2 aromatic carbocycles. The van der Waals surface area contributed by atoms with Crippen molar-refractivity contribution in [1.82, 2.24) is 0 Å². The fourth-order valence-electron chi connectivity index (χ4n) is 2.63. The Labute approximate surface area is 160 Å². The van der Waals surface area contributed by atoms with Crippen molar-refractivity contribution in [1.29, 1.82) is 0 Å². The van der Waals surface area contributed by atoms with Gasteiger partial charge in [-0.1, -0.05) is 43.0 Å². The zero-order valence-electron chi connectivity index (χ0n) is 14.2. The van der Waals surface area contributed by atoms with Crippen molar-refractivity contribution >= 4 is 32.9 Å². The van der Waals surface area contributed by atoms with E-state index >= 15 is 0 Å². The van der Waals surface area contributed by atoms with Crippen LogP contribution < -0.4 is 0 Å². The molecule has 0 aromatic heterocycles. The number of esters is 1. The fourth-order valence-corrected chi connectivity index (χ4v) is 3.51. The zero-order valence-corrected chi connectivity index (χ0v) is 15.0. The predicted octanol–water partition coefficient (Wildman–Crippen LogP) is 4.05. The molecule has 5 nitrogen and oxygen atoms in total. The largest absolute Gasteiger partial charge is 0.748 e. The number of hydrogen-bond donors (Lipinski definition) is 0. The van der Waals surface area contributed by atoms with E-state index in [1.807, 2.05) is 0 Å². The van der Waals surface area contributed by atoms with E-state index in [0.29, 0.717) is 5.39 Å². The van der Waals surface area contributed by atoms with Crippen LogP contribution in [-0.4, -0.2) is 42.6 Å². The number of benzene rings is 2. The van der Waals surface area contributed by atoms with Crippen molar-refractivity contribution in [2.24, 2.45) is 0 Å². The number of hydrogen-bond acceptors (Lipinski definition) is 5. The highest BCUT2D eigenvalue weighted by molar-refractivity contribution is 7.85. The molecule has 0 aliphatic rings. The first kappa shape index (κ1) is 22.7. The molecule has 0 unspecified atom stereocenters. The van der Waals surface area contributed by atoms with Crippen LogP contribution in [0.3, 0.4) is 0 Å². The van der Waals surface area contributed by atoms with Crippen molar-refractivity contribution in [3.8, 4) is 0 Å². The lowest BCUT2D eigenvalue weighted by Crippen LogP contribution is -2.63. The van der Waals surface area contributed by atoms with Crippen LogP contribution in [0, 0.1) is 0 Å². The number of halogens is 6. The molecule has 12 heteroatoms. The summed E-state index contributed by atoms with van der Waals surface area (Å²) in [6, 6.07) is 8.26. The van der Waals surface area contributed by atoms with Crippen LogP contribution in [0.25, 0.3) is 16.8 Å². The van der Waals surface area contributed by atoms with E-state index in [9.17, 15) is 44.1 Å². The van der Waals surface area contributed by atoms with E-state index in [-0.39, 0.29) is 10.9 Å². The Morgan fingerprint density at radius 2 is 1.59 bits per heavy atom. The molecule has 0 aliphatic carbocycles. The minimum atomic E-state index is -6.44.